The lowest BCUT2D eigenvalue weighted by Gasteiger charge is -2.39. The fourth-order valence-electron chi connectivity index (χ4n) is 1.25. The first-order valence-corrected chi connectivity index (χ1v) is 9.79. The van der Waals surface area contributed by atoms with Gasteiger partial charge in [0.1, 0.15) is 6.10 Å². The van der Waals surface area contributed by atoms with Crippen LogP contribution in [0.1, 0.15) is 27.7 Å². The fourth-order valence-corrected chi connectivity index (χ4v) is 2.52. The van der Waals surface area contributed by atoms with Crippen molar-refractivity contribution < 1.29 is 19.1 Å². The average molecular weight is 300 g/mol. The molecule has 20 heavy (non-hydrogen) atoms. The molecule has 0 radical (unpaired) electrons. The highest BCUT2D eigenvalue weighted by molar-refractivity contribution is 6.74. The topological polar surface area (TPSA) is 55.8 Å². The van der Waals surface area contributed by atoms with Crippen molar-refractivity contribution in [1.29, 1.82) is 0 Å². The molecule has 0 spiro atoms. The summed E-state index contributed by atoms with van der Waals surface area (Å²) in [6.07, 6.45) is 2.74. The van der Waals surface area contributed by atoms with E-state index in [1.54, 1.807) is 13.0 Å². The zero-order chi connectivity index (χ0) is 16.0. The molecule has 0 aromatic heterocycles. The van der Waals surface area contributed by atoms with E-state index >= 15 is 0 Å². The minimum absolute atomic E-state index is 0.0405. The molecule has 4 nitrogen and oxygen atoms in total. The molecule has 0 rings (SSSR count). The van der Waals surface area contributed by atoms with Gasteiger partial charge in [-0.1, -0.05) is 26.8 Å². The van der Waals surface area contributed by atoms with Crippen LogP contribution in [0.25, 0.3) is 0 Å². The number of ether oxygens (including phenoxy) is 1. The fraction of sp³-hybridized carbons (Fsp3) is 0.667. The molecule has 2 atom stereocenters. The van der Waals surface area contributed by atoms with E-state index in [1.807, 2.05) is 0 Å². The summed E-state index contributed by atoms with van der Waals surface area (Å²) in [4.78, 5) is 11.2. The summed E-state index contributed by atoms with van der Waals surface area (Å²) in [6, 6.07) is 0. The largest absolute Gasteiger partial charge is 0.463 e. The van der Waals surface area contributed by atoms with Crippen LogP contribution < -0.4 is 0 Å². The minimum atomic E-state index is -2.00. The van der Waals surface area contributed by atoms with Crippen molar-refractivity contribution in [2.75, 3.05) is 6.61 Å². The lowest BCUT2D eigenvalue weighted by molar-refractivity contribution is -0.137. The van der Waals surface area contributed by atoms with Crippen molar-refractivity contribution in [2.45, 2.75) is 58.0 Å². The summed E-state index contributed by atoms with van der Waals surface area (Å²) in [5.74, 6) is -0.471. The lowest BCUT2D eigenvalue weighted by Crippen LogP contribution is -2.46. The van der Waals surface area contributed by atoms with E-state index < -0.39 is 26.5 Å². The predicted molar refractivity (Wildman–Crippen MR) is 84.0 cm³/mol. The van der Waals surface area contributed by atoms with Crippen molar-refractivity contribution in [3.63, 3.8) is 0 Å². The Morgan fingerprint density at radius 1 is 1.40 bits per heavy atom. The number of hydrogen-bond donors (Lipinski definition) is 1. The van der Waals surface area contributed by atoms with Gasteiger partial charge in [0.15, 0.2) is 8.32 Å². The van der Waals surface area contributed by atoms with Crippen LogP contribution in [0.4, 0.5) is 0 Å². The van der Waals surface area contributed by atoms with Crippen molar-refractivity contribution in [2.24, 2.45) is 0 Å². The van der Waals surface area contributed by atoms with E-state index in [-0.39, 0.29) is 5.04 Å². The second-order valence-corrected chi connectivity index (χ2v) is 10.9. The van der Waals surface area contributed by atoms with E-state index in [1.165, 1.54) is 12.2 Å². The molecule has 1 N–H and O–H groups in total. The van der Waals surface area contributed by atoms with Gasteiger partial charge in [0.25, 0.3) is 0 Å². The maximum absolute atomic E-state index is 11.2. The second kappa shape index (κ2) is 7.76. The van der Waals surface area contributed by atoms with Crippen LogP contribution in [0.15, 0.2) is 24.8 Å². The van der Waals surface area contributed by atoms with E-state index in [0.717, 1.165) is 0 Å². The van der Waals surface area contributed by atoms with E-state index in [9.17, 15) is 9.90 Å². The van der Waals surface area contributed by atoms with E-state index in [2.05, 4.69) is 40.4 Å². The molecule has 0 aromatic carbocycles. The summed E-state index contributed by atoms with van der Waals surface area (Å²) < 4.78 is 10.8. The summed E-state index contributed by atoms with van der Waals surface area (Å²) in [5, 5.41) is 10.1. The molecule has 0 amide bonds. The minimum Gasteiger partial charge on any atom is -0.463 e. The summed E-state index contributed by atoms with van der Waals surface area (Å²) in [7, 11) is -2.00. The molecule has 116 valence electrons. The van der Waals surface area contributed by atoms with Crippen LogP contribution in [0.5, 0.6) is 0 Å². The van der Waals surface area contributed by atoms with Gasteiger partial charge >= 0.3 is 5.97 Å². The molecule has 5 heteroatoms. The monoisotopic (exact) mass is 300 g/mol. The molecule has 0 aromatic rings. The normalized spacial score (nSPS) is 15.9. The Bertz CT molecular complexity index is 355. The van der Waals surface area contributed by atoms with Crippen molar-refractivity contribution in [3.05, 3.63) is 24.8 Å². The van der Waals surface area contributed by atoms with Crippen molar-refractivity contribution >= 4 is 14.3 Å². The molecule has 0 unspecified atom stereocenters. The number of hydrogen-bond acceptors (Lipinski definition) is 4. The third kappa shape index (κ3) is 6.03. The molecule has 0 fully saturated rings. The summed E-state index contributed by atoms with van der Waals surface area (Å²) in [5.41, 5.74) is 0. The molecule has 0 saturated heterocycles. The highest BCUT2D eigenvalue weighted by Gasteiger charge is 2.39. The van der Waals surface area contributed by atoms with Crippen LogP contribution in [-0.4, -0.2) is 38.2 Å². The van der Waals surface area contributed by atoms with Gasteiger partial charge in [0.2, 0.25) is 0 Å². The quantitative estimate of drug-likeness (QED) is 0.340. The molecule has 0 aliphatic heterocycles. The molecule has 0 bridgehead atoms. The Morgan fingerprint density at radius 3 is 2.35 bits per heavy atom. The van der Waals surface area contributed by atoms with Gasteiger partial charge in [-0.15, -0.1) is 6.58 Å². The van der Waals surface area contributed by atoms with Crippen LogP contribution in [0.3, 0.4) is 0 Å². The Hall–Kier alpha value is -0.913. The molecule has 0 aliphatic carbocycles. The van der Waals surface area contributed by atoms with Crippen LogP contribution >= 0.6 is 0 Å². The highest BCUT2D eigenvalue weighted by atomic mass is 28.4. The molecule has 0 saturated carbocycles. The number of esters is 1. The number of carbonyl (C=O) groups is 1. The van der Waals surface area contributed by atoms with Gasteiger partial charge in [-0.25, -0.2) is 4.79 Å². The van der Waals surface area contributed by atoms with Crippen LogP contribution in [0.2, 0.25) is 18.1 Å². The van der Waals surface area contributed by atoms with Gasteiger partial charge in [-0.3, -0.25) is 0 Å². The standard InChI is InChI=1S/C15H28O4Si/c1-8-13(19-20(6,7)15(3,4)5)12(16)10-11-14(17)18-9-2/h8,10-13,16H,1,9H2,2-7H3/b11-10+/t12-,13-/m1/s1. The van der Waals surface area contributed by atoms with Crippen molar-refractivity contribution in [3.8, 4) is 0 Å². The van der Waals surface area contributed by atoms with Gasteiger partial charge in [-0.2, -0.15) is 0 Å². The Balaban J connectivity index is 4.77. The number of aliphatic hydroxyl groups is 1. The second-order valence-electron chi connectivity index (χ2n) is 6.18. The number of aliphatic hydroxyl groups excluding tert-OH is 1. The smallest absolute Gasteiger partial charge is 0.330 e. The number of rotatable bonds is 7. The third-order valence-electron chi connectivity index (χ3n) is 3.52. The number of carbonyl (C=O) groups excluding carboxylic acids is 1. The molecular formula is C15H28O4Si. The zero-order valence-electron chi connectivity index (χ0n) is 13.5. The van der Waals surface area contributed by atoms with Gasteiger partial charge in [-0.05, 0) is 31.1 Å². The Morgan fingerprint density at radius 2 is 1.95 bits per heavy atom. The maximum Gasteiger partial charge on any atom is 0.330 e. The summed E-state index contributed by atoms with van der Waals surface area (Å²) >= 11 is 0. The zero-order valence-corrected chi connectivity index (χ0v) is 14.5. The Labute approximate surface area is 123 Å². The highest BCUT2D eigenvalue weighted by Crippen LogP contribution is 2.37. The van der Waals surface area contributed by atoms with Gasteiger partial charge in [0, 0.05) is 6.08 Å². The molecule has 0 aliphatic rings. The average Bonchev–Trinajstić information content (AvgIpc) is 2.32. The van der Waals surface area contributed by atoms with E-state index in [0.29, 0.717) is 6.61 Å². The maximum atomic E-state index is 11.2. The van der Waals surface area contributed by atoms with E-state index in [4.69, 9.17) is 9.16 Å². The first kappa shape index (κ1) is 19.1. The third-order valence-corrected chi connectivity index (χ3v) is 8.00. The molecule has 0 heterocycles. The van der Waals surface area contributed by atoms with Crippen LogP contribution in [-0.2, 0) is 14.0 Å². The van der Waals surface area contributed by atoms with Crippen molar-refractivity contribution in [1.82, 2.24) is 0 Å². The van der Waals surface area contributed by atoms with Crippen LogP contribution in [0, 0.1) is 0 Å². The Kier molecular flexibility index (Phi) is 7.41. The van der Waals surface area contributed by atoms with Gasteiger partial charge in [0.05, 0.1) is 12.7 Å². The van der Waals surface area contributed by atoms with Gasteiger partial charge < -0.3 is 14.3 Å². The molecular weight excluding hydrogens is 272 g/mol. The first-order chi connectivity index (χ1) is 9.05. The summed E-state index contributed by atoms with van der Waals surface area (Å²) in [6.45, 7) is 16.3. The predicted octanol–water partition coefficient (Wildman–Crippen LogP) is 3.04. The SMILES string of the molecule is C=C[C@@H](O[Si](C)(C)C(C)(C)C)[C@H](O)/C=C/C(=O)OCC. The first-order valence-electron chi connectivity index (χ1n) is 6.88. The lowest BCUT2D eigenvalue weighted by atomic mass is 10.2.